The average molecular weight is 298 g/mol. The zero-order valence-corrected chi connectivity index (χ0v) is 12.5. The zero-order valence-electron chi connectivity index (χ0n) is 12.5. The molecular formula is C16H18N4O2. The molecule has 1 unspecified atom stereocenters. The smallest absolute Gasteiger partial charge is 0.303 e. The van der Waals surface area contributed by atoms with Crippen molar-refractivity contribution in [1.29, 1.82) is 0 Å². The third-order valence-corrected chi connectivity index (χ3v) is 5.06. The molecule has 2 fully saturated rings. The molecular weight excluding hydrogens is 280 g/mol. The molecule has 0 amide bonds. The number of oxazole rings is 1. The van der Waals surface area contributed by atoms with E-state index >= 15 is 0 Å². The average Bonchev–Trinajstić information content (AvgIpc) is 3.23. The van der Waals surface area contributed by atoms with Crippen molar-refractivity contribution >= 4 is 23.1 Å². The Bertz CT molecular complexity index is 784. The van der Waals surface area contributed by atoms with Gasteiger partial charge in [-0.3, -0.25) is 10.2 Å². The van der Waals surface area contributed by atoms with Crippen LogP contribution in [0.5, 0.6) is 0 Å². The molecule has 4 heterocycles. The lowest BCUT2D eigenvalue weighted by atomic mass is 9.88. The first kappa shape index (κ1) is 12.5. The summed E-state index contributed by atoms with van der Waals surface area (Å²) in [5.74, 6) is 0.599. The lowest BCUT2D eigenvalue weighted by molar-refractivity contribution is 0.0363. The zero-order chi connectivity index (χ0) is 14.7. The summed E-state index contributed by atoms with van der Waals surface area (Å²) in [6, 6.07) is 6.95. The van der Waals surface area contributed by atoms with Gasteiger partial charge in [0.1, 0.15) is 11.1 Å². The summed E-state index contributed by atoms with van der Waals surface area (Å²) in [5.41, 5.74) is 2.65. The van der Waals surface area contributed by atoms with Crippen molar-refractivity contribution in [3.63, 3.8) is 0 Å². The van der Waals surface area contributed by atoms with Gasteiger partial charge in [-0.05, 0) is 37.6 Å². The Balaban J connectivity index is 1.35. The van der Waals surface area contributed by atoms with Crippen molar-refractivity contribution in [1.82, 2.24) is 9.88 Å². The second-order valence-electron chi connectivity index (χ2n) is 6.62. The van der Waals surface area contributed by atoms with Gasteiger partial charge in [-0.15, -0.1) is 0 Å². The van der Waals surface area contributed by atoms with Crippen molar-refractivity contribution in [2.75, 3.05) is 31.5 Å². The topological polar surface area (TPSA) is 62.9 Å². The van der Waals surface area contributed by atoms with Crippen molar-refractivity contribution in [3.8, 4) is 0 Å². The van der Waals surface area contributed by atoms with E-state index in [2.05, 4.69) is 20.2 Å². The Morgan fingerprint density at radius 3 is 3.18 bits per heavy atom. The molecule has 2 saturated heterocycles. The Morgan fingerprint density at radius 1 is 1.41 bits per heavy atom. The second-order valence-corrected chi connectivity index (χ2v) is 6.62. The summed E-state index contributed by atoms with van der Waals surface area (Å²) in [5, 5.41) is 3.09. The van der Waals surface area contributed by atoms with Gasteiger partial charge in [-0.2, -0.15) is 4.98 Å². The summed E-state index contributed by atoms with van der Waals surface area (Å²) in [4.78, 5) is 11.4. The van der Waals surface area contributed by atoms with Gasteiger partial charge in [0.2, 0.25) is 0 Å². The van der Waals surface area contributed by atoms with Crippen molar-refractivity contribution < 1.29 is 9.15 Å². The summed E-state index contributed by atoms with van der Waals surface area (Å²) >= 11 is 0. The number of anilines is 1. The monoisotopic (exact) mass is 298 g/mol. The van der Waals surface area contributed by atoms with Crippen LogP contribution in [-0.2, 0) is 4.74 Å². The SMILES string of the molecule is Cc1ccc2nc(NC3=NC[C@@]4(CN5CC[C@H]4C5)O3)oc2c1. The van der Waals surface area contributed by atoms with Crippen molar-refractivity contribution in [3.05, 3.63) is 23.8 Å². The molecule has 0 radical (unpaired) electrons. The van der Waals surface area contributed by atoms with Gasteiger partial charge in [-0.25, -0.2) is 4.99 Å². The van der Waals surface area contributed by atoms with Gasteiger partial charge < -0.3 is 9.15 Å². The van der Waals surface area contributed by atoms with Crippen LogP contribution in [0.25, 0.3) is 11.1 Å². The quantitative estimate of drug-likeness (QED) is 0.872. The van der Waals surface area contributed by atoms with Gasteiger partial charge in [0.15, 0.2) is 5.58 Å². The first-order valence-electron chi connectivity index (χ1n) is 7.80. The highest BCUT2D eigenvalue weighted by Gasteiger charge is 2.54. The number of aryl methyl sites for hydroxylation is 1. The largest absolute Gasteiger partial charge is 0.455 e. The minimum atomic E-state index is -0.122. The Morgan fingerprint density at radius 2 is 2.36 bits per heavy atom. The normalized spacial score (nSPS) is 32.7. The number of fused-ring (bicyclic) bond motifs is 4. The van der Waals surface area contributed by atoms with E-state index in [4.69, 9.17) is 9.15 Å². The van der Waals surface area contributed by atoms with Gasteiger partial charge in [0, 0.05) is 19.0 Å². The fraction of sp³-hybridized carbons (Fsp3) is 0.500. The van der Waals surface area contributed by atoms with Crippen LogP contribution >= 0.6 is 0 Å². The lowest BCUT2D eigenvalue weighted by Crippen LogP contribution is -2.46. The first-order chi connectivity index (χ1) is 10.7. The molecule has 3 atom stereocenters. The summed E-state index contributed by atoms with van der Waals surface area (Å²) < 4.78 is 11.9. The molecule has 6 nitrogen and oxygen atoms in total. The number of aromatic nitrogens is 1. The fourth-order valence-corrected chi connectivity index (χ4v) is 3.91. The number of aliphatic imine (C=N–C) groups is 1. The van der Waals surface area contributed by atoms with Crippen LogP contribution < -0.4 is 5.32 Å². The molecule has 1 N–H and O–H groups in total. The Kier molecular flexibility index (Phi) is 2.39. The van der Waals surface area contributed by atoms with Crippen LogP contribution in [-0.4, -0.2) is 47.7 Å². The molecule has 0 aliphatic carbocycles. The van der Waals surface area contributed by atoms with E-state index in [1.54, 1.807) is 0 Å². The lowest BCUT2D eigenvalue weighted by Gasteiger charge is -2.31. The number of nitrogens with zero attached hydrogens (tertiary/aromatic N) is 3. The Hall–Kier alpha value is -2.08. The molecule has 114 valence electrons. The van der Waals surface area contributed by atoms with Gasteiger partial charge in [-0.1, -0.05) is 6.07 Å². The maximum absolute atomic E-state index is 6.16. The minimum absolute atomic E-state index is 0.122. The van der Waals surface area contributed by atoms with Crippen LogP contribution in [0.1, 0.15) is 12.0 Å². The second kappa shape index (κ2) is 4.23. The molecule has 1 aromatic carbocycles. The summed E-state index contributed by atoms with van der Waals surface area (Å²) in [6.45, 7) is 6.09. The molecule has 1 spiro atoms. The van der Waals surface area contributed by atoms with Crippen LogP contribution in [0.4, 0.5) is 6.01 Å². The third-order valence-electron chi connectivity index (χ3n) is 5.06. The minimum Gasteiger partial charge on any atom is -0.455 e. The first-order valence-corrected chi connectivity index (χ1v) is 7.80. The third kappa shape index (κ3) is 1.76. The van der Waals surface area contributed by atoms with Gasteiger partial charge in [0.05, 0.1) is 6.54 Å². The number of benzene rings is 1. The number of hydrogen-bond acceptors (Lipinski definition) is 6. The van der Waals surface area contributed by atoms with Crippen molar-refractivity contribution in [2.24, 2.45) is 10.9 Å². The molecule has 3 aliphatic rings. The maximum Gasteiger partial charge on any atom is 0.303 e. The Labute approximate surface area is 128 Å². The highest BCUT2D eigenvalue weighted by Crippen LogP contribution is 2.41. The molecule has 2 bridgehead atoms. The summed E-state index contributed by atoms with van der Waals surface area (Å²) in [7, 11) is 0. The van der Waals surface area contributed by atoms with E-state index in [0.717, 1.165) is 36.3 Å². The van der Waals surface area contributed by atoms with E-state index in [1.165, 1.54) is 13.0 Å². The highest BCUT2D eigenvalue weighted by atomic mass is 16.5. The number of amidine groups is 1. The molecule has 3 aliphatic heterocycles. The van der Waals surface area contributed by atoms with Crippen LogP contribution in [0.3, 0.4) is 0 Å². The molecule has 6 heteroatoms. The van der Waals surface area contributed by atoms with E-state index in [-0.39, 0.29) is 5.60 Å². The number of piperidine rings is 1. The van der Waals surface area contributed by atoms with Crippen LogP contribution in [0.15, 0.2) is 27.6 Å². The molecule has 2 aromatic rings. The predicted molar refractivity (Wildman–Crippen MR) is 83.0 cm³/mol. The number of hydrogen-bond donors (Lipinski definition) is 1. The molecule has 22 heavy (non-hydrogen) atoms. The van der Waals surface area contributed by atoms with E-state index in [0.29, 0.717) is 18.0 Å². The number of nitrogens with one attached hydrogen (secondary N) is 1. The van der Waals surface area contributed by atoms with E-state index < -0.39 is 0 Å². The maximum atomic E-state index is 6.16. The van der Waals surface area contributed by atoms with Crippen LogP contribution in [0.2, 0.25) is 0 Å². The van der Waals surface area contributed by atoms with E-state index in [9.17, 15) is 0 Å². The van der Waals surface area contributed by atoms with Gasteiger partial charge >= 0.3 is 6.01 Å². The standard InChI is InChI=1S/C16H18N4O2/c1-10-2-3-12-13(6-10)21-15(18-12)19-14-17-8-16(22-14)9-20-5-4-11(16)7-20/h2-3,6,11H,4-5,7-9H2,1H3,(H,17,18,19)/t11-,16-/m0/s1. The number of rotatable bonds is 1. The fourth-order valence-electron chi connectivity index (χ4n) is 3.91. The predicted octanol–water partition coefficient (Wildman–Crippen LogP) is 2.01. The van der Waals surface area contributed by atoms with Crippen LogP contribution in [0, 0.1) is 12.8 Å². The van der Waals surface area contributed by atoms with E-state index in [1.807, 2.05) is 25.1 Å². The number of ether oxygens (including phenoxy) is 1. The van der Waals surface area contributed by atoms with Gasteiger partial charge in [0.25, 0.3) is 6.02 Å². The highest BCUT2D eigenvalue weighted by molar-refractivity contribution is 5.90. The molecule has 0 saturated carbocycles. The molecule has 5 rings (SSSR count). The summed E-state index contributed by atoms with van der Waals surface area (Å²) in [6.07, 6.45) is 1.21. The van der Waals surface area contributed by atoms with Crippen molar-refractivity contribution in [2.45, 2.75) is 18.9 Å². The molecule has 1 aromatic heterocycles.